The van der Waals surface area contributed by atoms with Crippen molar-refractivity contribution in [2.45, 2.75) is 64.8 Å². The molecule has 0 radical (unpaired) electrons. The van der Waals surface area contributed by atoms with Crippen LogP contribution in [-0.4, -0.2) is 22.8 Å². The summed E-state index contributed by atoms with van der Waals surface area (Å²) in [5.41, 5.74) is 0.303. The van der Waals surface area contributed by atoms with Crippen LogP contribution in [-0.2, 0) is 9.59 Å². The number of halogens is 1. The molecule has 4 aliphatic rings. The minimum absolute atomic E-state index is 0.0637. The second-order valence-electron chi connectivity index (χ2n) is 10.6. The Balaban J connectivity index is 1.30. The van der Waals surface area contributed by atoms with Gasteiger partial charge in [0.25, 0.3) is 0 Å². The largest absolute Gasteiger partial charge is 0.349 e. The van der Waals surface area contributed by atoms with Gasteiger partial charge >= 0.3 is 0 Å². The van der Waals surface area contributed by atoms with Gasteiger partial charge in [-0.05, 0) is 102 Å². The topological polar surface area (TPSA) is 71.1 Å². The summed E-state index contributed by atoms with van der Waals surface area (Å²) in [5, 5.41) is 6.23. The van der Waals surface area contributed by atoms with Crippen molar-refractivity contribution in [3.8, 4) is 0 Å². The third-order valence-electron chi connectivity index (χ3n) is 9.31. The number of carbonyl (C=O) groups is 2. The maximum Gasteiger partial charge on any atom is 0.243 e. The van der Waals surface area contributed by atoms with Crippen molar-refractivity contribution in [1.29, 1.82) is 0 Å². The van der Waals surface area contributed by atoms with Crippen LogP contribution in [0.3, 0.4) is 0 Å². The summed E-state index contributed by atoms with van der Waals surface area (Å²) in [6, 6.07) is 4.01. The van der Waals surface area contributed by atoms with Crippen LogP contribution in [0.5, 0.6) is 0 Å². The number of anilines is 1. The molecule has 6 heteroatoms. The van der Waals surface area contributed by atoms with Gasteiger partial charge in [0.2, 0.25) is 11.8 Å². The Morgan fingerprint density at radius 1 is 1.19 bits per heavy atom. The number of rotatable bonds is 3. The van der Waals surface area contributed by atoms with Gasteiger partial charge in [0, 0.05) is 28.5 Å². The molecule has 2 N–H and O–H groups in total. The lowest BCUT2D eigenvalue weighted by Crippen LogP contribution is -2.59. The molecule has 2 heterocycles. The first-order valence-electron chi connectivity index (χ1n) is 11.7. The van der Waals surface area contributed by atoms with E-state index < -0.39 is 0 Å². The summed E-state index contributed by atoms with van der Waals surface area (Å²) < 4.78 is 0.907. The number of fused-ring (bicyclic) bond motifs is 5. The van der Waals surface area contributed by atoms with Gasteiger partial charge in [-0.2, -0.15) is 0 Å². The molecular formula is C25H32BrN3O2. The lowest BCUT2D eigenvalue weighted by atomic mass is 9.48. The van der Waals surface area contributed by atoms with E-state index in [1.165, 1.54) is 25.7 Å². The Hall–Kier alpha value is -1.69. The Labute approximate surface area is 193 Å². The van der Waals surface area contributed by atoms with Gasteiger partial charge in [0.05, 0.1) is 0 Å². The summed E-state index contributed by atoms with van der Waals surface area (Å²) in [7, 11) is 0. The number of amides is 2. The lowest BCUT2D eigenvalue weighted by molar-refractivity contribution is -0.123. The molecule has 0 unspecified atom stereocenters. The van der Waals surface area contributed by atoms with Crippen molar-refractivity contribution in [2.24, 2.45) is 34.5 Å². The molecule has 3 aliphatic carbocycles. The summed E-state index contributed by atoms with van der Waals surface area (Å²) in [5.74, 6) is 3.20. The molecular weight excluding hydrogens is 454 g/mol. The maximum atomic E-state index is 12.8. The zero-order valence-electron chi connectivity index (χ0n) is 18.4. The minimum Gasteiger partial charge on any atom is -0.349 e. The van der Waals surface area contributed by atoms with E-state index in [2.05, 4.69) is 51.5 Å². The number of hydrogen-bond acceptors (Lipinski definition) is 3. The number of pyridine rings is 1. The molecule has 1 aliphatic heterocycles. The summed E-state index contributed by atoms with van der Waals surface area (Å²) in [6.07, 6.45) is 13.3. The Morgan fingerprint density at radius 3 is 2.81 bits per heavy atom. The van der Waals surface area contributed by atoms with E-state index in [-0.39, 0.29) is 28.7 Å². The predicted octanol–water partition coefficient (Wildman–Crippen LogP) is 5.09. The summed E-state index contributed by atoms with van der Waals surface area (Å²) >= 11 is 3.38. The first-order valence-corrected chi connectivity index (χ1v) is 12.5. The number of nitrogens with one attached hydrogen (secondary N) is 2. The molecule has 1 aromatic rings. The number of nitrogens with zero attached hydrogens (tertiary/aromatic N) is 1. The van der Waals surface area contributed by atoms with Crippen LogP contribution in [0.15, 0.2) is 35.0 Å². The number of hydrogen-bond donors (Lipinski definition) is 2. The third-order valence-corrected chi connectivity index (χ3v) is 9.78. The van der Waals surface area contributed by atoms with Crippen molar-refractivity contribution >= 4 is 33.6 Å². The highest BCUT2D eigenvalue weighted by molar-refractivity contribution is 9.10. The number of carbonyl (C=O) groups excluding carboxylic acids is 2. The van der Waals surface area contributed by atoms with Gasteiger partial charge in [-0.15, -0.1) is 0 Å². The van der Waals surface area contributed by atoms with E-state index in [1.807, 2.05) is 12.1 Å². The first kappa shape index (κ1) is 21.2. The maximum absolute atomic E-state index is 12.8. The van der Waals surface area contributed by atoms with Crippen molar-refractivity contribution in [3.63, 3.8) is 0 Å². The molecule has 31 heavy (non-hydrogen) atoms. The van der Waals surface area contributed by atoms with Crippen molar-refractivity contribution in [1.82, 2.24) is 10.3 Å². The van der Waals surface area contributed by atoms with E-state index in [0.717, 1.165) is 17.3 Å². The molecule has 7 atom stereocenters. The van der Waals surface area contributed by atoms with Gasteiger partial charge in [-0.3, -0.25) is 9.59 Å². The Morgan fingerprint density at radius 2 is 2.03 bits per heavy atom. The molecule has 0 spiro atoms. The smallest absolute Gasteiger partial charge is 0.243 e. The molecule has 3 saturated carbocycles. The molecule has 0 aromatic carbocycles. The molecule has 3 fully saturated rings. The second-order valence-corrected chi connectivity index (χ2v) is 11.6. The average Bonchev–Trinajstić information content (AvgIpc) is 3.06. The van der Waals surface area contributed by atoms with Gasteiger partial charge in [-0.1, -0.05) is 19.9 Å². The molecule has 5 rings (SSSR count). The SMILES string of the molecule is C[C@]12C=CC(=O)N[C@@H]1CC[C@@H]1[C@@H]2CC[C@]2(C)[C@@H](CC(=O)Nc3ccc(Br)cn3)CC[C@@H]12. The fraction of sp³-hybridized carbons (Fsp3) is 0.640. The number of aromatic nitrogens is 1. The fourth-order valence-corrected chi connectivity index (χ4v) is 7.88. The third kappa shape index (κ3) is 3.55. The van der Waals surface area contributed by atoms with Crippen LogP contribution in [0, 0.1) is 34.5 Å². The molecule has 2 amide bonds. The van der Waals surface area contributed by atoms with E-state index in [0.29, 0.717) is 35.9 Å². The Bertz CT molecular complexity index is 916. The standard InChI is InChI=1S/C25H32BrN3O2/c1-24-11-9-19-17(5-7-20-25(19,2)12-10-22(30)28-20)18(24)6-3-15(24)13-23(31)29-21-8-4-16(26)14-27-21/h4,8,10,12,14-15,17-20H,3,5-7,9,11,13H2,1-2H3,(H,28,30)(H,27,29,31)/t15-,17+,18+,19+,20-,24-,25-/m1/s1. The highest BCUT2D eigenvalue weighted by Crippen LogP contribution is 2.65. The summed E-state index contributed by atoms with van der Waals surface area (Å²) in [6.45, 7) is 4.81. The van der Waals surface area contributed by atoms with Crippen LogP contribution < -0.4 is 10.6 Å². The van der Waals surface area contributed by atoms with Crippen molar-refractivity contribution in [2.75, 3.05) is 5.32 Å². The zero-order chi connectivity index (χ0) is 21.8. The summed E-state index contributed by atoms with van der Waals surface area (Å²) in [4.78, 5) is 29.0. The highest BCUT2D eigenvalue weighted by atomic mass is 79.9. The minimum atomic E-state index is 0.0637. The quantitative estimate of drug-likeness (QED) is 0.626. The fourth-order valence-electron chi connectivity index (χ4n) is 7.64. The zero-order valence-corrected chi connectivity index (χ0v) is 20.0. The molecule has 0 saturated heterocycles. The van der Waals surface area contributed by atoms with Gasteiger partial charge < -0.3 is 10.6 Å². The highest BCUT2D eigenvalue weighted by Gasteiger charge is 2.59. The molecule has 166 valence electrons. The van der Waals surface area contributed by atoms with E-state index in [9.17, 15) is 9.59 Å². The Kier molecular flexibility index (Phi) is 5.27. The average molecular weight is 486 g/mol. The van der Waals surface area contributed by atoms with Gasteiger partial charge in [0.1, 0.15) is 5.82 Å². The van der Waals surface area contributed by atoms with Crippen molar-refractivity contribution < 1.29 is 9.59 Å². The van der Waals surface area contributed by atoms with E-state index >= 15 is 0 Å². The van der Waals surface area contributed by atoms with Crippen LogP contribution >= 0.6 is 15.9 Å². The molecule has 0 bridgehead atoms. The van der Waals surface area contributed by atoms with Crippen molar-refractivity contribution in [3.05, 3.63) is 35.0 Å². The van der Waals surface area contributed by atoms with Gasteiger partial charge in [-0.25, -0.2) is 4.98 Å². The molecule has 1 aromatic heterocycles. The second kappa shape index (κ2) is 7.72. The van der Waals surface area contributed by atoms with E-state index in [1.54, 1.807) is 12.3 Å². The molecule has 5 nitrogen and oxygen atoms in total. The van der Waals surface area contributed by atoms with Crippen LogP contribution in [0.2, 0.25) is 0 Å². The van der Waals surface area contributed by atoms with Gasteiger partial charge in [0.15, 0.2) is 0 Å². The van der Waals surface area contributed by atoms with Crippen LogP contribution in [0.1, 0.15) is 58.8 Å². The van der Waals surface area contributed by atoms with Crippen LogP contribution in [0.4, 0.5) is 5.82 Å². The predicted molar refractivity (Wildman–Crippen MR) is 124 cm³/mol. The first-order chi connectivity index (χ1) is 14.8. The monoisotopic (exact) mass is 485 g/mol. The lowest BCUT2D eigenvalue weighted by Gasteiger charge is -2.59. The van der Waals surface area contributed by atoms with Crippen LogP contribution in [0.25, 0.3) is 0 Å². The normalized spacial score (nSPS) is 41.0. The van der Waals surface area contributed by atoms with E-state index in [4.69, 9.17) is 0 Å².